The van der Waals surface area contributed by atoms with E-state index in [-0.39, 0.29) is 18.7 Å². The van der Waals surface area contributed by atoms with E-state index in [4.69, 9.17) is 5.11 Å². The van der Waals surface area contributed by atoms with Crippen LogP contribution in [0.25, 0.3) is 0 Å². The zero-order valence-corrected chi connectivity index (χ0v) is 9.33. The lowest BCUT2D eigenvalue weighted by molar-refractivity contribution is 0.0161. The summed E-state index contributed by atoms with van der Waals surface area (Å²) in [4.78, 5) is 2.03. The molecule has 0 saturated carbocycles. The zero-order valence-electron chi connectivity index (χ0n) is 7.17. The number of rotatable bonds is 1. The van der Waals surface area contributed by atoms with Crippen molar-refractivity contribution in [3.63, 3.8) is 0 Å². The lowest BCUT2D eigenvalue weighted by atomic mass is 10.1. The van der Waals surface area contributed by atoms with E-state index in [0.29, 0.717) is 3.92 Å². The van der Waals surface area contributed by atoms with Crippen molar-refractivity contribution < 1.29 is 15.3 Å². The second-order valence-electron chi connectivity index (χ2n) is 3.76. The molecule has 2 aliphatic heterocycles. The Morgan fingerprint density at radius 3 is 2.62 bits per heavy atom. The molecule has 0 spiro atoms. The maximum Gasteiger partial charge on any atom is 0.0992 e. The van der Waals surface area contributed by atoms with E-state index in [9.17, 15) is 10.2 Å². The SMILES string of the molecule is OC[C@H]1[C@H](O)[C@H](O)[C@@H]2[C@H](I)CCN21. The van der Waals surface area contributed by atoms with Crippen molar-refractivity contribution in [2.24, 2.45) is 0 Å². The Morgan fingerprint density at radius 1 is 1.31 bits per heavy atom. The molecule has 0 aliphatic carbocycles. The summed E-state index contributed by atoms with van der Waals surface area (Å²) in [5.74, 6) is 0. The number of aliphatic hydroxyl groups is 3. The topological polar surface area (TPSA) is 63.9 Å². The van der Waals surface area contributed by atoms with E-state index < -0.39 is 12.2 Å². The molecule has 5 heteroatoms. The molecule has 0 aromatic heterocycles. The second kappa shape index (κ2) is 3.62. The second-order valence-corrected chi connectivity index (χ2v) is 5.36. The molecular formula is C8H14INO3. The van der Waals surface area contributed by atoms with Crippen LogP contribution in [0.2, 0.25) is 0 Å². The van der Waals surface area contributed by atoms with Gasteiger partial charge in [0, 0.05) is 10.5 Å². The molecule has 13 heavy (non-hydrogen) atoms. The molecule has 0 aromatic rings. The number of aliphatic hydroxyl groups excluding tert-OH is 3. The summed E-state index contributed by atoms with van der Waals surface area (Å²) in [6, 6.07) is -0.229. The van der Waals surface area contributed by atoms with Gasteiger partial charge in [-0.25, -0.2) is 0 Å². The first-order chi connectivity index (χ1) is 6.16. The van der Waals surface area contributed by atoms with Crippen LogP contribution < -0.4 is 0 Å². The normalized spacial score (nSPS) is 51.2. The molecule has 4 nitrogen and oxygen atoms in total. The first kappa shape index (κ1) is 10.1. The van der Waals surface area contributed by atoms with Crippen LogP contribution in [0.5, 0.6) is 0 Å². The van der Waals surface area contributed by atoms with Crippen LogP contribution in [0.3, 0.4) is 0 Å². The summed E-state index contributed by atoms with van der Waals surface area (Å²) in [7, 11) is 0. The van der Waals surface area contributed by atoms with Gasteiger partial charge in [-0.3, -0.25) is 4.90 Å². The summed E-state index contributed by atoms with van der Waals surface area (Å²) in [5.41, 5.74) is 0. The predicted octanol–water partition coefficient (Wildman–Crippen LogP) is -1.04. The van der Waals surface area contributed by atoms with E-state index in [0.717, 1.165) is 13.0 Å². The zero-order chi connectivity index (χ0) is 9.59. The minimum Gasteiger partial charge on any atom is -0.395 e. The average Bonchev–Trinajstić information content (AvgIpc) is 2.57. The smallest absolute Gasteiger partial charge is 0.0992 e. The van der Waals surface area contributed by atoms with Gasteiger partial charge in [-0.05, 0) is 6.42 Å². The van der Waals surface area contributed by atoms with Gasteiger partial charge in [-0.1, -0.05) is 22.6 Å². The van der Waals surface area contributed by atoms with Crippen LogP contribution in [-0.4, -0.2) is 61.6 Å². The maximum atomic E-state index is 9.73. The Labute approximate surface area is 90.7 Å². The average molecular weight is 299 g/mol. The molecule has 0 amide bonds. The molecule has 0 unspecified atom stereocenters. The Hall–Kier alpha value is 0.570. The molecule has 2 heterocycles. The van der Waals surface area contributed by atoms with Crippen molar-refractivity contribution in [1.82, 2.24) is 4.90 Å². The van der Waals surface area contributed by atoms with Crippen molar-refractivity contribution in [1.29, 1.82) is 0 Å². The Morgan fingerprint density at radius 2 is 2.00 bits per heavy atom. The highest BCUT2D eigenvalue weighted by molar-refractivity contribution is 14.1. The summed E-state index contributed by atoms with van der Waals surface area (Å²) < 4.78 is 0.388. The molecule has 2 saturated heterocycles. The van der Waals surface area contributed by atoms with Crippen molar-refractivity contribution in [3.05, 3.63) is 0 Å². The fourth-order valence-corrected chi connectivity index (χ4v) is 3.55. The first-order valence-electron chi connectivity index (χ1n) is 4.53. The van der Waals surface area contributed by atoms with Crippen molar-refractivity contribution in [2.75, 3.05) is 13.2 Å². The van der Waals surface area contributed by atoms with Crippen LogP contribution in [0.15, 0.2) is 0 Å². The van der Waals surface area contributed by atoms with Gasteiger partial charge in [0.25, 0.3) is 0 Å². The molecule has 2 fully saturated rings. The molecule has 0 radical (unpaired) electrons. The van der Waals surface area contributed by atoms with E-state index in [1.54, 1.807) is 0 Å². The van der Waals surface area contributed by atoms with Gasteiger partial charge in [-0.15, -0.1) is 0 Å². The third kappa shape index (κ3) is 1.41. The van der Waals surface area contributed by atoms with Crippen LogP contribution in [0, 0.1) is 0 Å². The molecule has 5 atom stereocenters. The number of alkyl halides is 1. The summed E-state index contributed by atoms with van der Waals surface area (Å²) in [5, 5.41) is 28.4. The Balaban J connectivity index is 2.19. The van der Waals surface area contributed by atoms with Crippen LogP contribution in [-0.2, 0) is 0 Å². The Bertz CT molecular complexity index is 204. The van der Waals surface area contributed by atoms with Crippen LogP contribution in [0.4, 0.5) is 0 Å². The molecule has 76 valence electrons. The van der Waals surface area contributed by atoms with E-state index in [1.807, 2.05) is 4.90 Å². The molecular weight excluding hydrogens is 285 g/mol. The minimum absolute atomic E-state index is 0.0350. The molecule has 2 aliphatic rings. The van der Waals surface area contributed by atoms with Crippen molar-refractivity contribution >= 4 is 22.6 Å². The number of halogens is 1. The fraction of sp³-hybridized carbons (Fsp3) is 1.00. The lowest BCUT2D eigenvalue weighted by Gasteiger charge is -2.22. The van der Waals surface area contributed by atoms with Gasteiger partial charge in [0.1, 0.15) is 0 Å². The number of hydrogen-bond donors (Lipinski definition) is 3. The molecule has 0 aromatic carbocycles. The van der Waals surface area contributed by atoms with E-state index in [2.05, 4.69) is 22.6 Å². The first-order valence-corrected chi connectivity index (χ1v) is 5.78. The number of nitrogens with zero attached hydrogens (tertiary/aromatic N) is 1. The lowest BCUT2D eigenvalue weighted by Crippen LogP contribution is -2.39. The van der Waals surface area contributed by atoms with Gasteiger partial charge in [0.15, 0.2) is 0 Å². The fourth-order valence-electron chi connectivity index (χ4n) is 2.44. The van der Waals surface area contributed by atoms with Crippen LogP contribution >= 0.6 is 22.6 Å². The largest absolute Gasteiger partial charge is 0.395 e. The summed E-state index contributed by atoms with van der Waals surface area (Å²) in [6.07, 6.45) is -0.444. The van der Waals surface area contributed by atoms with Gasteiger partial charge in [0.05, 0.1) is 30.9 Å². The predicted molar refractivity (Wildman–Crippen MR) is 55.8 cm³/mol. The summed E-state index contributed by atoms with van der Waals surface area (Å²) >= 11 is 2.31. The monoisotopic (exact) mass is 299 g/mol. The highest BCUT2D eigenvalue weighted by atomic mass is 127. The third-order valence-electron chi connectivity index (χ3n) is 3.12. The third-order valence-corrected chi connectivity index (χ3v) is 4.48. The van der Waals surface area contributed by atoms with E-state index >= 15 is 0 Å². The van der Waals surface area contributed by atoms with E-state index in [1.165, 1.54) is 0 Å². The quantitative estimate of drug-likeness (QED) is 0.427. The van der Waals surface area contributed by atoms with Crippen LogP contribution in [0.1, 0.15) is 6.42 Å². The number of hydrogen-bond acceptors (Lipinski definition) is 4. The molecule has 3 N–H and O–H groups in total. The molecule has 0 bridgehead atoms. The molecule has 2 rings (SSSR count). The minimum atomic E-state index is -0.785. The maximum absolute atomic E-state index is 9.73. The summed E-state index contributed by atoms with van der Waals surface area (Å²) in [6.45, 7) is 0.801. The highest BCUT2D eigenvalue weighted by Crippen LogP contribution is 2.36. The Kier molecular flexibility index (Phi) is 2.81. The van der Waals surface area contributed by atoms with Gasteiger partial charge < -0.3 is 15.3 Å². The number of fused-ring (bicyclic) bond motifs is 1. The van der Waals surface area contributed by atoms with Gasteiger partial charge in [-0.2, -0.15) is 0 Å². The highest BCUT2D eigenvalue weighted by Gasteiger charge is 2.52. The van der Waals surface area contributed by atoms with Crippen molar-refractivity contribution in [3.8, 4) is 0 Å². The van der Waals surface area contributed by atoms with Gasteiger partial charge >= 0.3 is 0 Å². The van der Waals surface area contributed by atoms with Crippen molar-refractivity contribution in [2.45, 2.75) is 34.6 Å². The van der Waals surface area contributed by atoms with Gasteiger partial charge in [0.2, 0.25) is 0 Å². The standard InChI is InChI=1S/C8H14INO3/c9-4-1-2-10-5(3-11)7(12)8(13)6(4)10/h4-8,11-13H,1-3H2/t4-,5+,6+,7+,8-/m1/s1.